The van der Waals surface area contributed by atoms with Crippen molar-refractivity contribution in [3.8, 4) is 17.1 Å². The van der Waals surface area contributed by atoms with Crippen LogP contribution in [0.4, 0.5) is 0 Å². The Morgan fingerprint density at radius 3 is 1.95 bits per heavy atom. The molecule has 0 N–H and O–H groups in total. The zero-order valence-corrected chi connectivity index (χ0v) is 32.7. The van der Waals surface area contributed by atoms with Gasteiger partial charge in [0.25, 0.3) is 0 Å². The molecule has 4 heterocycles. The molecule has 0 aliphatic carbocycles. The van der Waals surface area contributed by atoms with Gasteiger partial charge >= 0.3 is 20.4 Å². The molecule has 0 spiro atoms. The maximum atomic E-state index is 4.93. The van der Waals surface area contributed by atoms with Crippen molar-refractivity contribution in [1.82, 2.24) is 14.5 Å². The molecule has 5 heteroatoms. The molecule has 0 saturated carbocycles. The van der Waals surface area contributed by atoms with Crippen molar-refractivity contribution >= 4 is 33.6 Å². The van der Waals surface area contributed by atoms with Crippen molar-refractivity contribution in [1.29, 1.82) is 0 Å². The van der Waals surface area contributed by atoms with Crippen molar-refractivity contribution in [2.24, 2.45) is 0 Å². The zero-order valence-electron chi connectivity index (χ0n) is 30.3. The normalized spacial score (nSPS) is 13.2. The van der Waals surface area contributed by atoms with Crippen LogP contribution in [0.1, 0.15) is 47.2 Å². The Hall–Kier alpha value is -5.57. The van der Waals surface area contributed by atoms with Crippen LogP contribution in [-0.2, 0) is 31.3 Å². The van der Waals surface area contributed by atoms with Gasteiger partial charge in [0.2, 0.25) is 0 Å². The van der Waals surface area contributed by atoms with E-state index in [4.69, 9.17) is 9.97 Å². The van der Waals surface area contributed by atoms with Gasteiger partial charge in [0.1, 0.15) is 5.82 Å². The second kappa shape index (κ2) is 13.9. The Bertz CT molecular complexity index is 2780. The molecule has 0 fully saturated rings. The summed E-state index contributed by atoms with van der Waals surface area (Å²) in [7, 11) is 0. The molecule has 55 heavy (non-hydrogen) atoms. The fraction of sp³-hybridized carbons (Fsp3) is 0.0800. The third-order valence-corrected chi connectivity index (χ3v) is 12.2. The Morgan fingerprint density at radius 2 is 1.24 bits per heavy atom. The van der Waals surface area contributed by atoms with Gasteiger partial charge in [-0.25, -0.2) is 4.98 Å². The molecule has 266 valence electrons. The summed E-state index contributed by atoms with van der Waals surface area (Å²) in [6, 6.07) is 66.3. The Balaban J connectivity index is 0.00000397. The van der Waals surface area contributed by atoms with E-state index in [-0.39, 0.29) is 25.8 Å². The van der Waals surface area contributed by atoms with E-state index in [1.165, 1.54) is 26.3 Å². The van der Waals surface area contributed by atoms with Crippen molar-refractivity contribution in [2.45, 2.75) is 34.5 Å². The van der Waals surface area contributed by atoms with Crippen LogP contribution < -0.4 is 0 Å². The number of aromatic nitrogens is 3. The average Bonchev–Trinajstić information content (AvgIpc) is 3.55. The number of nitrogens with zero attached hydrogens (tertiary/aromatic N) is 3. The van der Waals surface area contributed by atoms with Crippen molar-refractivity contribution < 1.29 is 20.4 Å². The molecule has 0 saturated heterocycles. The Labute approximate surface area is 339 Å². The summed E-state index contributed by atoms with van der Waals surface area (Å²) < 4.78 is 2.30. The standard InChI is InChI=1S/C50H35N3S.Pd/c1-49(2)41-22-9-10-24-46(41)54-47-33-45-40(32-42(47)49)39-27-26-38(31-44(39)53(45)48-25-12-14-29-52-48)50(35-17-5-3-6-18-35,36-19-7-4-8-20-36)37-21-15-16-34(30-37)43-23-11-13-28-51-43;/h3-29,32-33H,1-2H3;/q-2;+2. The first-order valence-corrected chi connectivity index (χ1v) is 19.1. The molecule has 0 atom stereocenters. The minimum Gasteiger partial charge on any atom is -0.319 e. The summed E-state index contributed by atoms with van der Waals surface area (Å²) in [6.07, 6.45) is 3.71. The van der Waals surface area contributed by atoms with Crippen LogP contribution in [0.2, 0.25) is 0 Å². The van der Waals surface area contributed by atoms with Gasteiger partial charge in [-0.3, -0.25) is 0 Å². The van der Waals surface area contributed by atoms with Gasteiger partial charge in [0.05, 0.1) is 0 Å². The van der Waals surface area contributed by atoms with E-state index in [0.29, 0.717) is 0 Å². The molecular formula is C50H35N3PdS. The molecule has 9 aromatic rings. The maximum Gasteiger partial charge on any atom is 2.00 e. The van der Waals surface area contributed by atoms with Gasteiger partial charge < -0.3 is 9.55 Å². The first-order valence-electron chi connectivity index (χ1n) is 18.3. The van der Waals surface area contributed by atoms with E-state index < -0.39 is 5.41 Å². The van der Waals surface area contributed by atoms with Gasteiger partial charge in [-0.05, 0) is 63.7 Å². The number of hydrogen-bond donors (Lipinski definition) is 0. The van der Waals surface area contributed by atoms with E-state index in [2.05, 4.69) is 170 Å². The van der Waals surface area contributed by atoms with Crippen molar-refractivity contribution in [3.63, 3.8) is 0 Å². The first-order chi connectivity index (χ1) is 26.5. The van der Waals surface area contributed by atoms with E-state index in [9.17, 15) is 0 Å². The fourth-order valence-electron chi connectivity index (χ4n) is 8.49. The summed E-state index contributed by atoms with van der Waals surface area (Å²) in [5.74, 6) is 0.861. The molecular weight excluding hydrogens is 781 g/mol. The van der Waals surface area contributed by atoms with Gasteiger partial charge in [0.15, 0.2) is 0 Å². The van der Waals surface area contributed by atoms with Gasteiger partial charge in [-0.2, -0.15) is 18.2 Å². The Morgan fingerprint density at radius 1 is 0.564 bits per heavy atom. The summed E-state index contributed by atoms with van der Waals surface area (Å²) in [5.41, 5.74) is 10.0. The molecule has 0 unspecified atom stereocenters. The molecule has 10 rings (SSSR count). The molecule has 1 aliphatic rings. The number of hydrogen-bond acceptors (Lipinski definition) is 3. The van der Waals surface area contributed by atoms with Crippen LogP contribution in [-0.4, -0.2) is 14.5 Å². The van der Waals surface area contributed by atoms with Crippen LogP contribution in [0.5, 0.6) is 0 Å². The fourth-order valence-corrected chi connectivity index (χ4v) is 9.90. The summed E-state index contributed by atoms with van der Waals surface area (Å²) >= 11 is 1.86. The summed E-state index contributed by atoms with van der Waals surface area (Å²) in [6.45, 7) is 4.70. The maximum absolute atomic E-state index is 4.93. The van der Waals surface area contributed by atoms with Crippen LogP contribution in [0.15, 0.2) is 186 Å². The minimum atomic E-state index is -0.758. The topological polar surface area (TPSA) is 30.7 Å². The quantitative estimate of drug-likeness (QED) is 0.0951. The van der Waals surface area contributed by atoms with E-state index >= 15 is 0 Å². The smallest absolute Gasteiger partial charge is 0.319 e. The molecule has 0 bridgehead atoms. The molecule has 0 amide bonds. The van der Waals surface area contributed by atoms with E-state index in [1.807, 2.05) is 48.4 Å². The average molecular weight is 816 g/mol. The largest absolute Gasteiger partial charge is 2.00 e. The van der Waals surface area contributed by atoms with Crippen LogP contribution in [0, 0.1) is 12.1 Å². The second-order valence-electron chi connectivity index (χ2n) is 14.4. The number of benzene rings is 6. The monoisotopic (exact) mass is 815 g/mol. The van der Waals surface area contributed by atoms with E-state index in [1.54, 1.807) is 0 Å². The predicted molar refractivity (Wildman–Crippen MR) is 220 cm³/mol. The van der Waals surface area contributed by atoms with Crippen LogP contribution in [0.25, 0.3) is 38.9 Å². The SMILES string of the molecule is CC1(C)c2ccccc2Sc2cc3c(cc21)c1ccc(C(c2[c-]c(-c4ccccn4)ccc2)(c2ccccc2)c2ccccc2)[c-]c1n3-c1ccccn1.[Pd+2]. The summed E-state index contributed by atoms with van der Waals surface area (Å²) in [5, 5.41) is 2.34. The van der Waals surface area contributed by atoms with E-state index in [0.717, 1.165) is 55.7 Å². The Kier molecular flexibility index (Phi) is 8.91. The third-order valence-electron chi connectivity index (χ3n) is 11.1. The minimum absolute atomic E-state index is 0. The number of rotatable bonds is 6. The summed E-state index contributed by atoms with van der Waals surface area (Å²) in [4.78, 5) is 12.2. The zero-order chi connectivity index (χ0) is 36.3. The first kappa shape index (κ1) is 35.2. The van der Waals surface area contributed by atoms with Gasteiger partial charge in [-0.15, -0.1) is 46.3 Å². The van der Waals surface area contributed by atoms with Crippen molar-refractivity contribution in [3.05, 3.63) is 222 Å². The molecule has 6 aromatic carbocycles. The van der Waals surface area contributed by atoms with Crippen molar-refractivity contribution in [2.75, 3.05) is 0 Å². The predicted octanol–water partition coefficient (Wildman–Crippen LogP) is 12.0. The molecule has 1 aliphatic heterocycles. The van der Waals surface area contributed by atoms with Gasteiger partial charge in [-0.1, -0.05) is 134 Å². The number of pyridine rings is 2. The van der Waals surface area contributed by atoms with Crippen LogP contribution in [0.3, 0.4) is 0 Å². The molecule has 3 nitrogen and oxygen atoms in total. The third kappa shape index (κ3) is 5.61. The molecule has 3 aromatic heterocycles. The second-order valence-corrected chi connectivity index (χ2v) is 15.5. The number of fused-ring (bicyclic) bond motifs is 5. The van der Waals surface area contributed by atoms with Gasteiger partial charge in [0, 0.05) is 38.5 Å². The van der Waals surface area contributed by atoms with Crippen LogP contribution >= 0.6 is 11.8 Å². The molecule has 0 radical (unpaired) electrons.